The number of benzene rings is 1. The lowest BCUT2D eigenvalue weighted by Crippen LogP contribution is -2.42. The lowest BCUT2D eigenvalue weighted by atomic mass is 9.95. The number of hydrogen-bond acceptors (Lipinski definition) is 3. The van der Waals surface area contributed by atoms with Crippen molar-refractivity contribution in [3.63, 3.8) is 0 Å². The highest BCUT2D eigenvalue weighted by molar-refractivity contribution is 5.98. The molecule has 4 nitrogen and oxygen atoms in total. The molecule has 2 aliphatic rings. The fourth-order valence-corrected chi connectivity index (χ4v) is 3.39. The summed E-state index contributed by atoms with van der Waals surface area (Å²) >= 11 is 0. The van der Waals surface area contributed by atoms with Crippen LogP contribution in [-0.4, -0.2) is 24.0 Å². The second-order valence-corrected chi connectivity index (χ2v) is 5.67. The molecule has 2 N–H and O–H groups in total. The van der Waals surface area contributed by atoms with Gasteiger partial charge in [0.05, 0.1) is 0 Å². The van der Waals surface area contributed by atoms with Gasteiger partial charge in [-0.1, -0.05) is 0 Å². The first kappa shape index (κ1) is 11.9. The third kappa shape index (κ3) is 1.89. The Kier molecular flexibility index (Phi) is 2.57. The number of amides is 1. The van der Waals surface area contributed by atoms with Crippen molar-refractivity contribution < 1.29 is 13.6 Å². The van der Waals surface area contributed by atoms with Gasteiger partial charge in [0.1, 0.15) is 5.58 Å². The number of hydrogen-bond donors (Lipinski definition) is 2. The molecular formula is C15H15FN2O2. The van der Waals surface area contributed by atoms with Crippen LogP contribution < -0.4 is 10.6 Å². The minimum Gasteiger partial charge on any atom is -0.431 e. The van der Waals surface area contributed by atoms with Crippen molar-refractivity contribution in [3.8, 4) is 0 Å². The predicted molar refractivity (Wildman–Crippen MR) is 72.0 cm³/mol. The Morgan fingerprint density at radius 1 is 1.35 bits per heavy atom. The van der Waals surface area contributed by atoms with Gasteiger partial charge in [0.25, 0.3) is 11.9 Å². The van der Waals surface area contributed by atoms with Crippen LogP contribution in [0.3, 0.4) is 0 Å². The van der Waals surface area contributed by atoms with Gasteiger partial charge in [0.15, 0.2) is 0 Å². The molecule has 2 bridgehead atoms. The molecule has 104 valence electrons. The third-order valence-corrected chi connectivity index (χ3v) is 4.36. The van der Waals surface area contributed by atoms with Gasteiger partial charge in [-0.25, -0.2) is 0 Å². The van der Waals surface area contributed by atoms with Crippen LogP contribution >= 0.6 is 0 Å². The van der Waals surface area contributed by atoms with Crippen LogP contribution in [0.5, 0.6) is 0 Å². The van der Waals surface area contributed by atoms with E-state index in [1.807, 2.05) is 0 Å². The summed E-state index contributed by atoms with van der Waals surface area (Å²) in [5.41, 5.74) is 1.00. The van der Waals surface area contributed by atoms with Crippen molar-refractivity contribution >= 4 is 16.9 Å². The normalized spacial score (nSPS) is 28.1. The van der Waals surface area contributed by atoms with E-state index < -0.39 is 6.01 Å². The highest BCUT2D eigenvalue weighted by atomic mass is 19.1. The standard InChI is InChI=1S/C15H15FN2O2/c16-14-6-9-5-8(1-4-13(9)20-14)15(19)18-12-7-10-2-3-11(12)17-10/h1,4-6,10-12,17H,2-3,7H2,(H,18,19)/t10-,11+,12-/m1/s1. The molecule has 1 aromatic carbocycles. The Morgan fingerprint density at radius 3 is 3.00 bits per heavy atom. The molecule has 1 amide bonds. The van der Waals surface area contributed by atoms with Crippen LogP contribution in [0, 0.1) is 6.01 Å². The molecule has 0 radical (unpaired) electrons. The minimum atomic E-state index is -0.630. The average Bonchev–Trinajstić information content (AvgIpc) is 3.10. The molecule has 5 heteroatoms. The van der Waals surface area contributed by atoms with Gasteiger partial charge in [-0.2, -0.15) is 4.39 Å². The van der Waals surface area contributed by atoms with E-state index >= 15 is 0 Å². The van der Waals surface area contributed by atoms with Crippen molar-refractivity contribution in [1.29, 1.82) is 0 Å². The predicted octanol–water partition coefficient (Wildman–Crippen LogP) is 2.19. The summed E-state index contributed by atoms with van der Waals surface area (Å²) in [6.45, 7) is 0. The molecule has 2 fully saturated rings. The van der Waals surface area contributed by atoms with E-state index in [-0.39, 0.29) is 11.9 Å². The number of carbonyl (C=O) groups is 1. The van der Waals surface area contributed by atoms with Gasteiger partial charge < -0.3 is 15.1 Å². The molecule has 0 saturated carbocycles. The first-order chi connectivity index (χ1) is 9.69. The highest BCUT2D eigenvalue weighted by Crippen LogP contribution is 2.28. The summed E-state index contributed by atoms with van der Waals surface area (Å²) in [4.78, 5) is 12.3. The van der Waals surface area contributed by atoms with Crippen molar-refractivity contribution in [2.45, 2.75) is 37.4 Å². The Bertz CT molecular complexity index is 682. The zero-order valence-corrected chi connectivity index (χ0v) is 10.9. The Morgan fingerprint density at radius 2 is 2.25 bits per heavy atom. The first-order valence-corrected chi connectivity index (χ1v) is 6.95. The fraction of sp³-hybridized carbons (Fsp3) is 0.400. The molecule has 3 atom stereocenters. The van der Waals surface area contributed by atoms with Crippen LogP contribution in [0.2, 0.25) is 0 Å². The van der Waals surface area contributed by atoms with Crippen LogP contribution in [0.15, 0.2) is 28.7 Å². The monoisotopic (exact) mass is 274 g/mol. The van der Waals surface area contributed by atoms with Crippen LogP contribution in [0.1, 0.15) is 29.6 Å². The van der Waals surface area contributed by atoms with Gasteiger partial charge in [-0.05, 0) is 37.5 Å². The smallest absolute Gasteiger partial charge is 0.278 e. The molecule has 4 rings (SSSR count). The van der Waals surface area contributed by atoms with Crippen molar-refractivity contribution in [2.75, 3.05) is 0 Å². The molecule has 0 aliphatic carbocycles. The number of fused-ring (bicyclic) bond motifs is 3. The van der Waals surface area contributed by atoms with E-state index in [0.29, 0.717) is 28.6 Å². The van der Waals surface area contributed by atoms with Crippen molar-refractivity contribution in [2.24, 2.45) is 0 Å². The number of halogens is 1. The van der Waals surface area contributed by atoms with E-state index in [1.165, 1.54) is 12.5 Å². The van der Waals surface area contributed by atoms with Crippen molar-refractivity contribution in [1.82, 2.24) is 10.6 Å². The molecule has 20 heavy (non-hydrogen) atoms. The number of carbonyl (C=O) groups excluding carboxylic acids is 1. The maximum absolute atomic E-state index is 13.0. The van der Waals surface area contributed by atoms with Crippen LogP contribution in [0.4, 0.5) is 4.39 Å². The lowest BCUT2D eigenvalue weighted by molar-refractivity contribution is 0.0931. The summed E-state index contributed by atoms with van der Waals surface area (Å²) in [5, 5.41) is 7.17. The minimum absolute atomic E-state index is 0.104. The zero-order chi connectivity index (χ0) is 13.7. The van der Waals surface area contributed by atoms with E-state index in [9.17, 15) is 9.18 Å². The maximum Gasteiger partial charge on any atom is 0.278 e. The van der Waals surface area contributed by atoms with Gasteiger partial charge in [-0.3, -0.25) is 4.79 Å². The zero-order valence-electron chi connectivity index (χ0n) is 10.9. The quantitative estimate of drug-likeness (QED) is 0.882. The van der Waals surface area contributed by atoms with E-state index in [4.69, 9.17) is 4.42 Å². The summed E-state index contributed by atoms with van der Waals surface area (Å²) in [6.07, 6.45) is 3.33. The van der Waals surface area contributed by atoms with Gasteiger partial charge >= 0.3 is 0 Å². The first-order valence-electron chi connectivity index (χ1n) is 6.95. The molecule has 2 aromatic rings. The molecule has 2 aliphatic heterocycles. The number of rotatable bonds is 2. The highest BCUT2D eigenvalue weighted by Gasteiger charge is 2.39. The van der Waals surface area contributed by atoms with E-state index in [0.717, 1.165) is 12.8 Å². The van der Waals surface area contributed by atoms with E-state index in [1.54, 1.807) is 18.2 Å². The lowest BCUT2D eigenvalue weighted by Gasteiger charge is -2.21. The molecular weight excluding hydrogens is 259 g/mol. The summed E-state index contributed by atoms with van der Waals surface area (Å²) in [7, 11) is 0. The molecule has 0 unspecified atom stereocenters. The third-order valence-electron chi connectivity index (χ3n) is 4.36. The largest absolute Gasteiger partial charge is 0.431 e. The Hall–Kier alpha value is -1.88. The SMILES string of the molecule is O=C(N[C@@H]1C[C@H]2CC[C@@H]1N2)c1ccc2oc(F)cc2c1. The summed E-state index contributed by atoms with van der Waals surface area (Å²) < 4.78 is 17.9. The van der Waals surface area contributed by atoms with Crippen molar-refractivity contribution in [3.05, 3.63) is 35.8 Å². The van der Waals surface area contributed by atoms with Crippen LogP contribution in [0.25, 0.3) is 11.0 Å². The average molecular weight is 274 g/mol. The molecule has 2 saturated heterocycles. The summed E-state index contributed by atoms with van der Waals surface area (Å²) in [5.74, 6) is -0.104. The van der Waals surface area contributed by atoms with Crippen LogP contribution in [-0.2, 0) is 0 Å². The second kappa shape index (κ2) is 4.31. The topological polar surface area (TPSA) is 54.3 Å². The fourth-order valence-electron chi connectivity index (χ4n) is 3.39. The second-order valence-electron chi connectivity index (χ2n) is 5.67. The molecule has 1 aromatic heterocycles. The molecule has 0 spiro atoms. The Labute approximate surface area is 115 Å². The molecule has 3 heterocycles. The van der Waals surface area contributed by atoms with Gasteiger partial charge in [0, 0.05) is 35.1 Å². The van der Waals surface area contributed by atoms with E-state index in [2.05, 4.69) is 10.6 Å². The number of furan rings is 1. The van der Waals surface area contributed by atoms with Gasteiger partial charge in [-0.15, -0.1) is 0 Å². The summed E-state index contributed by atoms with van der Waals surface area (Å²) in [6, 6.07) is 6.79. The number of nitrogens with one attached hydrogen (secondary N) is 2. The Balaban J connectivity index is 1.54. The maximum atomic E-state index is 13.0. The van der Waals surface area contributed by atoms with Gasteiger partial charge in [0.2, 0.25) is 0 Å².